The van der Waals surface area contributed by atoms with Crippen molar-refractivity contribution in [2.45, 2.75) is 45.4 Å². The van der Waals surface area contributed by atoms with Crippen molar-refractivity contribution in [2.75, 3.05) is 0 Å². The Kier molecular flexibility index (Phi) is 2.44. The number of rotatable bonds is 2. The minimum Gasteiger partial charge on any atom is -0.197 e. The molecule has 0 amide bonds. The average Bonchev–Trinajstić information content (AvgIpc) is 2.33. The van der Waals surface area contributed by atoms with Crippen molar-refractivity contribution in [3.05, 3.63) is 0 Å². The van der Waals surface area contributed by atoms with Gasteiger partial charge >= 0.3 is 0 Å². The standard InChI is InChI=1S/C15H20N2/c1-2-15(14(8-16)9-17)12-4-10-3-11(6-12)7-13(15)5-10/h10-14H,2-7H2,1H3. The van der Waals surface area contributed by atoms with Gasteiger partial charge in [-0.25, -0.2) is 0 Å². The molecule has 0 spiro atoms. The van der Waals surface area contributed by atoms with E-state index in [0.29, 0.717) is 11.8 Å². The van der Waals surface area contributed by atoms with Gasteiger partial charge in [-0.15, -0.1) is 0 Å². The topological polar surface area (TPSA) is 47.6 Å². The number of hydrogen-bond donors (Lipinski definition) is 0. The molecule has 0 atom stereocenters. The lowest BCUT2D eigenvalue weighted by Gasteiger charge is -2.61. The van der Waals surface area contributed by atoms with Gasteiger partial charge in [0.1, 0.15) is 5.92 Å². The van der Waals surface area contributed by atoms with Crippen molar-refractivity contribution in [1.82, 2.24) is 0 Å². The zero-order valence-electron chi connectivity index (χ0n) is 10.5. The Hall–Kier alpha value is -1.02. The number of hydrogen-bond acceptors (Lipinski definition) is 2. The maximum atomic E-state index is 9.33. The van der Waals surface area contributed by atoms with Gasteiger partial charge < -0.3 is 0 Å². The summed E-state index contributed by atoms with van der Waals surface area (Å²) in [5.41, 5.74) is 0.0386. The maximum absolute atomic E-state index is 9.33. The molecule has 0 unspecified atom stereocenters. The second kappa shape index (κ2) is 3.74. The zero-order valence-corrected chi connectivity index (χ0v) is 10.5. The smallest absolute Gasteiger partial charge is 0.139 e. The first-order valence-electron chi connectivity index (χ1n) is 7.03. The third kappa shape index (κ3) is 1.30. The van der Waals surface area contributed by atoms with E-state index >= 15 is 0 Å². The van der Waals surface area contributed by atoms with Crippen molar-refractivity contribution in [3.8, 4) is 12.1 Å². The quantitative estimate of drug-likeness (QED) is 0.726. The highest BCUT2D eigenvalue weighted by Gasteiger charge is 2.59. The minimum atomic E-state index is -0.373. The van der Waals surface area contributed by atoms with E-state index in [0.717, 1.165) is 18.3 Å². The van der Waals surface area contributed by atoms with Crippen LogP contribution in [0, 0.1) is 57.7 Å². The van der Waals surface area contributed by atoms with Gasteiger partial charge in [-0.1, -0.05) is 6.92 Å². The molecule has 2 heteroatoms. The third-order valence-electron chi connectivity index (χ3n) is 6.07. The lowest BCUT2D eigenvalue weighted by molar-refractivity contribution is -0.122. The van der Waals surface area contributed by atoms with E-state index in [9.17, 15) is 10.5 Å². The predicted octanol–water partition coefficient (Wildman–Crippen LogP) is 3.50. The van der Waals surface area contributed by atoms with Gasteiger partial charge in [-0.2, -0.15) is 10.5 Å². The van der Waals surface area contributed by atoms with Gasteiger partial charge in [0, 0.05) is 5.41 Å². The fraction of sp³-hybridized carbons (Fsp3) is 0.867. The van der Waals surface area contributed by atoms with Crippen molar-refractivity contribution in [3.63, 3.8) is 0 Å². The van der Waals surface area contributed by atoms with Crippen LogP contribution in [0.1, 0.15) is 45.4 Å². The van der Waals surface area contributed by atoms with Gasteiger partial charge in [0.2, 0.25) is 0 Å². The molecule has 4 aliphatic rings. The molecule has 4 aliphatic carbocycles. The lowest BCUT2D eigenvalue weighted by atomic mass is 9.42. The second-order valence-electron chi connectivity index (χ2n) is 6.46. The third-order valence-corrected chi connectivity index (χ3v) is 6.07. The molecule has 90 valence electrons. The highest BCUT2D eigenvalue weighted by Crippen LogP contribution is 2.65. The monoisotopic (exact) mass is 228 g/mol. The van der Waals surface area contributed by atoms with Crippen LogP contribution >= 0.6 is 0 Å². The first-order chi connectivity index (χ1) is 8.24. The first kappa shape index (κ1) is 11.1. The summed E-state index contributed by atoms with van der Waals surface area (Å²) in [6.07, 6.45) is 7.62. The second-order valence-corrected chi connectivity index (χ2v) is 6.46. The molecule has 2 nitrogen and oxygen atoms in total. The Morgan fingerprint density at radius 3 is 1.82 bits per heavy atom. The molecule has 0 aliphatic heterocycles. The van der Waals surface area contributed by atoms with Crippen molar-refractivity contribution in [1.29, 1.82) is 10.5 Å². The van der Waals surface area contributed by atoms with E-state index < -0.39 is 0 Å². The number of nitrogens with zero attached hydrogens (tertiary/aromatic N) is 2. The van der Waals surface area contributed by atoms with Crippen LogP contribution < -0.4 is 0 Å². The fourth-order valence-corrected chi connectivity index (χ4v) is 5.58. The summed E-state index contributed by atoms with van der Waals surface area (Å²) >= 11 is 0. The summed E-state index contributed by atoms with van der Waals surface area (Å²) in [5, 5.41) is 18.7. The van der Waals surface area contributed by atoms with Gasteiger partial charge in [0.15, 0.2) is 0 Å². The SMILES string of the molecule is CCC1(C(C#N)C#N)C2CC3CC(C2)CC1C3. The molecule has 0 radical (unpaired) electrons. The van der Waals surface area contributed by atoms with Gasteiger partial charge in [0.05, 0.1) is 12.1 Å². The largest absolute Gasteiger partial charge is 0.197 e. The van der Waals surface area contributed by atoms with Gasteiger partial charge in [-0.05, 0) is 62.2 Å². The van der Waals surface area contributed by atoms with Crippen molar-refractivity contribution in [2.24, 2.45) is 35.0 Å². The Morgan fingerprint density at radius 1 is 1.00 bits per heavy atom. The highest BCUT2D eigenvalue weighted by molar-refractivity contribution is 5.17. The van der Waals surface area contributed by atoms with Gasteiger partial charge in [0.25, 0.3) is 0 Å². The van der Waals surface area contributed by atoms with E-state index in [4.69, 9.17) is 0 Å². The lowest BCUT2D eigenvalue weighted by Crippen LogP contribution is -2.55. The molecule has 4 saturated carbocycles. The van der Waals surface area contributed by atoms with Crippen molar-refractivity contribution >= 4 is 0 Å². The van der Waals surface area contributed by atoms with E-state index in [1.54, 1.807) is 0 Å². The molecule has 4 rings (SSSR count). The summed E-state index contributed by atoms with van der Waals surface area (Å²) in [5.74, 6) is 2.77. The molecule has 0 aromatic rings. The van der Waals surface area contributed by atoms with Gasteiger partial charge in [-0.3, -0.25) is 0 Å². The summed E-state index contributed by atoms with van der Waals surface area (Å²) < 4.78 is 0. The maximum Gasteiger partial charge on any atom is 0.139 e. The molecule has 0 aromatic carbocycles. The molecular formula is C15H20N2. The highest BCUT2D eigenvalue weighted by atomic mass is 14.6. The Balaban J connectivity index is 2.01. The van der Waals surface area contributed by atoms with Crippen LogP contribution in [-0.4, -0.2) is 0 Å². The predicted molar refractivity (Wildman–Crippen MR) is 64.5 cm³/mol. The Bertz CT molecular complexity index is 356. The zero-order chi connectivity index (χ0) is 12.0. The normalized spacial score (nSPS) is 46.8. The fourth-order valence-electron chi connectivity index (χ4n) is 5.58. The Labute approximate surface area is 104 Å². The van der Waals surface area contributed by atoms with E-state index in [-0.39, 0.29) is 11.3 Å². The van der Waals surface area contributed by atoms with Crippen LogP contribution in [-0.2, 0) is 0 Å². The van der Waals surface area contributed by atoms with Crippen LogP contribution in [0.3, 0.4) is 0 Å². The molecule has 4 fully saturated rings. The summed E-state index contributed by atoms with van der Waals surface area (Å²) in [6, 6.07) is 4.62. The van der Waals surface area contributed by atoms with E-state index in [1.165, 1.54) is 32.1 Å². The van der Waals surface area contributed by atoms with E-state index in [1.807, 2.05) is 0 Å². The molecule has 0 N–H and O–H groups in total. The first-order valence-corrected chi connectivity index (χ1v) is 7.03. The summed E-state index contributed by atoms with van der Waals surface area (Å²) in [4.78, 5) is 0. The minimum absolute atomic E-state index is 0.0386. The van der Waals surface area contributed by atoms with Crippen LogP contribution in [0.4, 0.5) is 0 Å². The molecule has 4 bridgehead atoms. The van der Waals surface area contributed by atoms with Crippen LogP contribution in [0.2, 0.25) is 0 Å². The van der Waals surface area contributed by atoms with Crippen LogP contribution in [0.25, 0.3) is 0 Å². The van der Waals surface area contributed by atoms with Crippen molar-refractivity contribution < 1.29 is 0 Å². The van der Waals surface area contributed by atoms with Crippen LogP contribution in [0.5, 0.6) is 0 Å². The summed E-state index contributed by atoms with van der Waals surface area (Å²) in [6.45, 7) is 2.20. The Morgan fingerprint density at radius 2 is 1.47 bits per heavy atom. The molecular weight excluding hydrogens is 208 g/mol. The number of nitriles is 2. The van der Waals surface area contributed by atoms with E-state index in [2.05, 4.69) is 19.1 Å². The van der Waals surface area contributed by atoms with Crippen LogP contribution in [0.15, 0.2) is 0 Å². The molecule has 0 saturated heterocycles. The molecule has 17 heavy (non-hydrogen) atoms. The molecule has 0 heterocycles. The summed E-state index contributed by atoms with van der Waals surface area (Å²) in [7, 11) is 0. The average molecular weight is 228 g/mol. The molecule has 0 aromatic heterocycles.